The van der Waals surface area contributed by atoms with Crippen LogP contribution in [-0.2, 0) is 4.79 Å². The molecule has 1 fully saturated rings. The summed E-state index contributed by atoms with van der Waals surface area (Å²) in [5, 5.41) is 6.83. The van der Waals surface area contributed by atoms with Crippen molar-refractivity contribution in [2.24, 2.45) is 5.92 Å². The van der Waals surface area contributed by atoms with Gasteiger partial charge in [-0.3, -0.25) is 4.79 Å². The highest BCUT2D eigenvalue weighted by molar-refractivity contribution is 7.99. The average molecular weight is 244 g/mol. The van der Waals surface area contributed by atoms with Gasteiger partial charge in [0.15, 0.2) is 0 Å². The summed E-state index contributed by atoms with van der Waals surface area (Å²) < 4.78 is 0. The molecule has 1 aliphatic heterocycles. The molecule has 0 aromatic carbocycles. The Kier molecular flexibility index (Phi) is 6.21. The van der Waals surface area contributed by atoms with Gasteiger partial charge in [-0.25, -0.2) is 0 Å². The smallest absolute Gasteiger partial charge is 0.237 e. The van der Waals surface area contributed by atoms with E-state index in [9.17, 15) is 4.79 Å². The second-order valence-corrected chi connectivity index (χ2v) is 5.87. The van der Waals surface area contributed by atoms with E-state index in [-0.39, 0.29) is 11.9 Å². The van der Waals surface area contributed by atoms with Crippen LogP contribution in [0.5, 0.6) is 0 Å². The number of carbonyl (C=O) groups is 1. The van der Waals surface area contributed by atoms with Crippen LogP contribution in [0.2, 0.25) is 0 Å². The number of thioether (sulfide) groups is 1. The van der Waals surface area contributed by atoms with Crippen molar-refractivity contribution in [3.8, 4) is 0 Å². The van der Waals surface area contributed by atoms with Crippen molar-refractivity contribution < 1.29 is 4.79 Å². The molecular formula is C12H24N2OS. The lowest BCUT2D eigenvalue weighted by atomic mass is 9.90. The number of piperidine rings is 1. The quantitative estimate of drug-likeness (QED) is 0.772. The molecule has 4 heteroatoms. The first-order valence-corrected chi connectivity index (χ1v) is 7.50. The Labute approximate surface area is 103 Å². The van der Waals surface area contributed by atoms with Crippen LogP contribution < -0.4 is 10.6 Å². The van der Waals surface area contributed by atoms with Crippen molar-refractivity contribution in [3.05, 3.63) is 0 Å². The molecule has 1 rings (SSSR count). The first-order valence-electron chi connectivity index (χ1n) is 6.21. The van der Waals surface area contributed by atoms with Crippen LogP contribution in [0.4, 0.5) is 0 Å². The highest BCUT2D eigenvalue weighted by atomic mass is 32.2. The summed E-state index contributed by atoms with van der Waals surface area (Å²) in [5.41, 5.74) is 0. The van der Waals surface area contributed by atoms with E-state index in [1.807, 2.05) is 0 Å². The van der Waals surface area contributed by atoms with Crippen molar-refractivity contribution in [1.82, 2.24) is 10.6 Å². The van der Waals surface area contributed by atoms with Gasteiger partial charge in [0.1, 0.15) is 0 Å². The number of nitrogens with one attached hydrogen (secondary N) is 2. The van der Waals surface area contributed by atoms with Crippen LogP contribution in [-0.4, -0.2) is 36.5 Å². The van der Waals surface area contributed by atoms with Gasteiger partial charge in [-0.15, -0.1) is 0 Å². The molecule has 1 amide bonds. The van der Waals surface area contributed by atoms with Crippen LogP contribution >= 0.6 is 11.8 Å². The molecule has 0 radical (unpaired) electrons. The maximum Gasteiger partial charge on any atom is 0.237 e. The lowest BCUT2D eigenvalue weighted by molar-refractivity contribution is -0.124. The van der Waals surface area contributed by atoms with Gasteiger partial charge in [-0.1, -0.05) is 20.3 Å². The molecule has 16 heavy (non-hydrogen) atoms. The predicted octanol–water partition coefficient (Wildman–Crippen LogP) is 1.63. The second-order valence-electron chi connectivity index (χ2n) is 4.60. The largest absolute Gasteiger partial charge is 0.354 e. The lowest BCUT2D eigenvalue weighted by Gasteiger charge is -2.29. The van der Waals surface area contributed by atoms with Crippen molar-refractivity contribution in [1.29, 1.82) is 0 Å². The van der Waals surface area contributed by atoms with E-state index in [1.165, 1.54) is 12.8 Å². The van der Waals surface area contributed by atoms with Crippen LogP contribution in [0.25, 0.3) is 0 Å². The van der Waals surface area contributed by atoms with Gasteiger partial charge in [0.25, 0.3) is 0 Å². The summed E-state index contributed by atoms with van der Waals surface area (Å²) in [6.45, 7) is 6.10. The third-order valence-corrected chi connectivity index (χ3v) is 4.34. The minimum absolute atomic E-state index is 0.0350. The Morgan fingerprint density at radius 1 is 1.62 bits per heavy atom. The summed E-state index contributed by atoms with van der Waals surface area (Å²) in [4.78, 5) is 11.9. The third kappa shape index (κ3) is 4.34. The SMILES string of the molecule is CCC1CCNC(C(=O)NCC(C)SC)C1. The molecule has 1 aliphatic rings. The van der Waals surface area contributed by atoms with Crippen molar-refractivity contribution in [2.75, 3.05) is 19.3 Å². The van der Waals surface area contributed by atoms with Gasteiger partial charge in [0, 0.05) is 11.8 Å². The summed E-state index contributed by atoms with van der Waals surface area (Å²) >= 11 is 1.78. The van der Waals surface area contributed by atoms with Gasteiger partial charge in [0.05, 0.1) is 6.04 Å². The van der Waals surface area contributed by atoms with E-state index in [0.717, 1.165) is 25.4 Å². The van der Waals surface area contributed by atoms with E-state index >= 15 is 0 Å². The molecule has 0 aromatic rings. The molecule has 3 unspecified atom stereocenters. The normalized spacial score (nSPS) is 27.4. The van der Waals surface area contributed by atoms with Crippen molar-refractivity contribution >= 4 is 17.7 Å². The molecule has 3 nitrogen and oxygen atoms in total. The maximum atomic E-state index is 11.9. The van der Waals surface area contributed by atoms with E-state index < -0.39 is 0 Å². The number of carbonyl (C=O) groups excluding carboxylic acids is 1. The summed E-state index contributed by atoms with van der Waals surface area (Å²) in [7, 11) is 0. The Hall–Kier alpha value is -0.220. The Morgan fingerprint density at radius 3 is 3.00 bits per heavy atom. The minimum atomic E-state index is 0.0350. The first-order chi connectivity index (χ1) is 7.67. The van der Waals surface area contributed by atoms with Gasteiger partial charge < -0.3 is 10.6 Å². The standard InChI is InChI=1S/C12H24N2OS/c1-4-10-5-6-13-11(7-10)12(15)14-8-9(2)16-3/h9-11,13H,4-8H2,1-3H3,(H,14,15). The summed E-state index contributed by atoms with van der Waals surface area (Å²) in [6.07, 6.45) is 5.47. The average Bonchev–Trinajstić information content (AvgIpc) is 2.35. The number of hydrogen-bond acceptors (Lipinski definition) is 3. The predicted molar refractivity (Wildman–Crippen MR) is 70.8 cm³/mol. The van der Waals surface area contributed by atoms with Crippen LogP contribution in [0.1, 0.15) is 33.1 Å². The number of rotatable bonds is 5. The minimum Gasteiger partial charge on any atom is -0.354 e. The Balaban J connectivity index is 2.30. The molecule has 2 N–H and O–H groups in total. The van der Waals surface area contributed by atoms with Gasteiger partial charge >= 0.3 is 0 Å². The molecular weight excluding hydrogens is 220 g/mol. The van der Waals surface area contributed by atoms with Crippen LogP contribution in [0.3, 0.4) is 0 Å². The van der Waals surface area contributed by atoms with Crippen molar-refractivity contribution in [3.63, 3.8) is 0 Å². The second kappa shape index (κ2) is 7.17. The Morgan fingerprint density at radius 2 is 2.38 bits per heavy atom. The molecule has 0 bridgehead atoms. The molecule has 0 saturated carbocycles. The molecule has 3 atom stereocenters. The summed E-state index contributed by atoms with van der Waals surface area (Å²) in [6, 6.07) is 0.0350. The third-order valence-electron chi connectivity index (χ3n) is 3.37. The fraction of sp³-hybridized carbons (Fsp3) is 0.917. The molecule has 0 spiro atoms. The van der Waals surface area contributed by atoms with Gasteiger partial charge in [0.2, 0.25) is 5.91 Å². The van der Waals surface area contributed by atoms with E-state index in [2.05, 4.69) is 30.7 Å². The fourth-order valence-corrected chi connectivity index (χ4v) is 2.27. The molecule has 1 heterocycles. The molecule has 94 valence electrons. The Bertz CT molecular complexity index is 223. The topological polar surface area (TPSA) is 41.1 Å². The maximum absolute atomic E-state index is 11.9. The van der Waals surface area contributed by atoms with E-state index in [1.54, 1.807) is 11.8 Å². The molecule has 1 saturated heterocycles. The zero-order chi connectivity index (χ0) is 12.0. The lowest BCUT2D eigenvalue weighted by Crippen LogP contribution is -2.49. The summed E-state index contributed by atoms with van der Waals surface area (Å²) in [5.74, 6) is 0.897. The first kappa shape index (κ1) is 13.8. The van der Waals surface area contributed by atoms with Crippen LogP contribution in [0, 0.1) is 5.92 Å². The van der Waals surface area contributed by atoms with Crippen molar-refractivity contribution in [2.45, 2.75) is 44.4 Å². The number of hydrogen-bond donors (Lipinski definition) is 2. The fourth-order valence-electron chi connectivity index (χ4n) is 2.02. The van der Waals surface area contributed by atoms with Gasteiger partial charge in [-0.2, -0.15) is 11.8 Å². The highest BCUT2D eigenvalue weighted by Crippen LogP contribution is 2.19. The zero-order valence-corrected chi connectivity index (χ0v) is 11.4. The van der Waals surface area contributed by atoms with Crippen LogP contribution in [0.15, 0.2) is 0 Å². The van der Waals surface area contributed by atoms with E-state index in [0.29, 0.717) is 5.25 Å². The monoisotopic (exact) mass is 244 g/mol. The highest BCUT2D eigenvalue weighted by Gasteiger charge is 2.25. The molecule has 0 aliphatic carbocycles. The molecule has 0 aromatic heterocycles. The number of amides is 1. The zero-order valence-electron chi connectivity index (χ0n) is 10.6. The van der Waals surface area contributed by atoms with E-state index in [4.69, 9.17) is 0 Å². The van der Waals surface area contributed by atoms with Gasteiger partial charge in [-0.05, 0) is 31.6 Å².